The Morgan fingerprint density at radius 2 is 1.95 bits per heavy atom. The van der Waals surface area contributed by atoms with E-state index in [4.69, 9.17) is 0 Å². The molecule has 0 aliphatic heterocycles. The van der Waals surface area contributed by atoms with Crippen LogP contribution in [0.4, 0.5) is 5.69 Å². The Labute approximate surface area is 125 Å². The number of carbonyl (C=O) groups is 1. The molecule has 1 atom stereocenters. The molecule has 0 radical (unpaired) electrons. The molecule has 0 unspecified atom stereocenters. The zero-order valence-electron chi connectivity index (χ0n) is 12.5. The molecule has 1 heterocycles. The zero-order valence-corrected chi connectivity index (χ0v) is 12.5. The van der Waals surface area contributed by atoms with E-state index in [0.717, 1.165) is 17.9 Å². The molecule has 2 rings (SSSR count). The van der Waals surface area contributed by atoms with Gasteiger partial charge in [-0.1, -0.05) is 25.1 Å². The smallest absolute Gasteiger partial charge is 0.224 e. The molecule has 4 heteroatoms. The predicted octanol–water partition coefficient (Wildman–Crippen LogP) is 3.28. The van der Waals surface area contributed by atoms with Crippen molar-refractivity contribution in [3.63, 3.8) is 0 Å². The van der Waals surface area contributed by atoms with Crippen LogP contribution >= 0.6 is 0 Å². The molecule has 4 nitrogen and oxygen atoms in total. The highest BCUT2D eigenvalue weighted by Gasteiger charge is 2.06. The fraction of sp³-hybridized carbons (Fsp3) is 0.294. The van der Waals surface area contributed by atoms with Gasteiger partial charge in [0.2, 0.25) is 5.91 Å². The maximum atomic E-state index is 11.3. The molecule has 0 fully saturated rings. The second-order valence-electron chi connectivity index (χ2n) is 4.95. The lowest BCUT2D eigenvalue weighted by atomic mass is 10.1. The van der Waals surface area contributed by atoms with E-state index in [-0.39, 0.29) is 11.9 Å². The van der Waals surface area contributed by atoms with Gasteiger partial charge in [-0.15, -0.1) is 0 Å². The van der Waals surface area contributed by atoms with E-state index in [0.29, 0.717) is 6.42 Å². The molecule has 0 aliphatic rings. The number of hydrogen-bond acceptors (Lipinski definition) is 3. The summed E-state index contributed by atoms with van der Waals surface area (Å²) in [6, 6.07) is 14.0. The molecule has 110 valence electrons. The van der Waals surface area contributed by atoms with Crippen LogP contribution in [0.5, 0.6) is 0 Å². The standard InChI is InChI=1S/C17H21N3O/c1-3-17(21)20-15-9-7-14(8-10-15)13(2)19-12-16-6-4-5-11-18-16/h4-11,13,19H,3,12H2,1-2H3,(H,20,21)/t13-/m0/s1. The summed E-state index contributed by atoms with van der Waals surface area (Å²) in [5.41, 5.74) is 3.04. The Bertz CT molecular complexity index is 566. The third-order valence-corrected chi connectivity index (χ3v) is 3.33. The van der Waals surface area contributed by atoms with Crippen LogP contribution in [0.3, 0.4) is 0 Å². The molecule has 1 aromatic heterocycles. The number of aromatic nitrogens is 1. The lowest BCUT2D eigenvalue weighted by Crippen LogP contribution is -2.18. The van der Waals surface area contributed by atoms with Crippen molar-refractivity contribution in [2.75, 3.05) is 5.32 Å². The predicted molar refractivity (Wildman–Crippen MR) is 84.9 cm³/mol. The number of nitrogens with one attached hydrogen (secondary N) is 2. The van der Waals surface area contributed by atoms with Crippen LogP contribution in [0.15, 0.2) is 48.7 Å². The molecule has 0 saturated carbocycles. The van der Waals surface area contributed by atoms with Gasteiger partial charge >= 0.3 is 0 Å². The minimum absolute atomic E-state index is 0.0316. The third kappa shape index (κ3) is 4.68. The van der Waals surface area contributed by atoms with Crippen molar-refractivity contribution in [3.8, 4) is 0 Å². The molecule has 1 amide bonds. The number of amides is 1. The van der Waals surface area contributed by atoms with Crippen LogP contribution < -0.4 is 10.6 Å². The fourth-order valence-electron chi connectivity index (χ4n) is 1.98. The van der Waals surface area contributed by atoms with Gasteiger partial charge < -0.3 is 10.6 Å². The van der Waals surface area contributed by atoms with Crippen LogP contribution in [-0.2, 0) is 11.3 Å². The van der Waals surface area contributed by atoms with Gasteiger partial charge in [0.05, 0.1) is 5.69 Å². The first-order valence-corrected chi connectivity index (χ1v) is 7.22. The first-order chi connectivity index (χ1) is 10.2. The topological polar surface area (TPSA) is 54.0 Å². The summed E-state index contributed by atoms with van der Waals surface area (Å²) >= 11 is 0. The molecule has 21 heavy (non-hydrogen) atoms. The van der Waals surface area contributed by atoms with E-state index in [1.807, 2.05) is 49.4 Å². The van der Waals surface area contributed by atoms with E-state index >= 15 is 0 Å². The Kier molecular flexibility index (Phi) is 5.46. The van der Waals surface area contributed by atoms with Crippen LogP contribution in [0, 0.1) is 0 Å². The molecule has 1 aromatic carbocycles. The summed E-state index contributed by atoms with van der Waals surface area (Å²) in [5.74, 6) is 0.0316. The highest BCUT2D eigenvalue weighted by molar-refractivity contribution is 5.90. The minimum Gasteiger partial charge on any atom is -0.326 e. The number of carbonyl (C=O) groups excluding carboxylic acids is 1. The van der Waals surface area contributed by atoms with E-state index in [1.165, 1.54) is 5.56 Å². The minimum atomic E-state index is 0.0316. The molecule has 0 aliphatic carbocycles. The molecule has 0 saturated heterocycles. The van der Waals surface area contributed by atoms with Crippen molar-refractivity contribution < 1.29 is 4.79 Å². The summed E-state index contributed by atoms with van der Waals surface area (Å²) in [4.78, 5) is 15.6. The maximum Gasteiger partial charge on any atom is 0.224 e. The number of pyridine rings is 1. The summed E-state index contributed by atoms with van der Waals surface area (Å²) in [6.45, 7) is 4.69. The molecule has 0 bridgehead atoms. The van der Waals surface area contributed by atoms with Gasteiger partial charge in [0, 0.05) is 30.9 Å². The van der Waals surface area contributed by atoms with Gasteiger partial charge in [-0.05, 0) is 36.8 Å². The second kappa shape index (κ2) is 7.55. The van der Waals surface area contributed by atoms with Gasteiger partial charge in [-0.3, -0.25) is 9.78 Å². The summed E-state index contributed by atoms with van der Waals surface area (Å²) in [7, 11) is 0. The van der Waals surface area contributed by atoms with Crippen LogP contribution in [0.1, 0.15) is 37.6 Å². The second-order valence-corrected chi connectivity index (χ2v) is 4.95. The van der Waals surface area contributed by atoms with Crippen molar-refractivity contribution in [1.29, 1.82) is 0 Å². The quantitative estimate of drug-likeness (QED) is 0.855. The van der Waals surface area contributed by atoms with Crippen molar-refractivity contribution in [3.05, 3.63) is 59.9 Å². The molecule has 2 N–H and O–H groups in total. The monoisotopic (exact) mass is 283 g/mol. The van der Waals surface area contributed by atoms with Crippen LogP contribution in [0.25, 0.3) is 0 Å². The van der Waals surface area contributed by atoms with Gasteiger partial charge in [0.1, 0.15) is 0 Å². The number of benzene rings is 1. The number of anilines is 1. The van der Waals surface area contributed by atoms with Crippen molar-refractivity contribution >= 4 is 11.6 Å². The Morgan fingerprint density at radius 1 is 1.19 bits per heavy atom. The number of hydrogen-bond donors (Lipinski definition) is 2. The van der Waals surface area contributed by atoms with E-state index < -0.39 is 0 Å². The van der Waals surface area contributed by atoms with Gasteiger partial charge in [0.25, 0.3) is 0 Å². The van der Waals surface area contributed by atoms with Gasteiger partial charge in [-0.25, -0.2) is 0 Å². The number of rotatable bonds is 6. The van der Waals surface area contributed by atoms with Gasteiger partial charge in [-0.2, -0.15) is 0 Å². The van der Waals surface area contributed by atoms with Crippen LogP contribution in [0.2, 0.25) is 0 Å². The fourth-order valence-corrected chi connectivity index (χ4v) is 1.98. The lowest BCUT2D eigenvalue weighted by molar-refractivity contribution is -0.115. The summed E-state index contributed by atoms with van der Waals surface area (Å²) < 4.78 is 0. The molecular weight excluding hydrogens is 262 g/mol. The van der Waals surface area contributed by atoms with Crippen molar-refractivity contribution in [2.45, 2.75) is 32.9 Å². The highest BCUT2D eigenvalue weighted by Crippen LogP contribution is 2.16. The third-order valence-electron chi connectivity index (χ3n) is 3.33. The molecular formula is C17H21N3O. The molecule has 0 spiro atoms. The highest BCUT2D eigenvalue weighted by atomic mass is 16.1. The molecule has 2 aromatic rings. The van der Waals surface area contributed by atoms with E-state index in [9.17, 15) is 4.79 Å². The summed E-state index contributed by atoms with van der Waals surface area (Å²) in [5, 5.41) is 6.28. The van der Waals surface area contributed by atoms with E-state index in [2.05, 4.69) is 22.5 Å². The normalized spacial score (nSPS) is 11.9. The van der Waals surface area contributed by atoms with E-state index in [1.54, 1.807) is 6.20 Å². The average Bonchev–Trinajstić information content (AvgIpc) is 2.54. The Hall–Kier alpha value is -2.20. The largest absolute Gasteiger partial charge is 0.326 e. The average molecular weight is 283 g/mol. The van der Waals surface area contributed by atoms with Crippen LogP contribution in [-0.4, -0.2) is 10.9 Å². The SMILES string of the molecule is CCC(=O)Nc1ccc([C@H](C)NCc2ccccn2)cc1. The van der Waals surface area contributed by atoms with Gasteiger partial charge in [0.15, 0.2) is 0 Å². The summed E-state index contributed by atoms with van der Waals surface area (Å²) in [6.07, 6.45) is 2.29. The maximum absolute atomic E-state index is 11.3. The lowest BCUT2D eigenvalue weighted by Gasteiger charge is -2.14. The first kappa shape index (κ1) is 15.2. The number of nitrogens with zero attached hydrogens (tertiary/aromatic N) is 1. The Morgan fingerprint density at radius 3 is 2.57 bits per heavy atom. The zero-order chi connectivity index (χ0) is 15.1. The van der Waals surface area contributed by atoms with Crippen molar-refractivity contribution in [2.24, 2.45) is 0 Å². The first-order valence-electron chi connectivity index (χ1n) is 7.22. The van der Waals surface area contributed by atoms with Crippen molar-refractivity contribution in [1.82, 2.24) is 10.3 Å². The Balaban J connectivity index is 1.90.